The lowest BCUT2D eigenvalue weighted by Crippen LogP contribution is -2.20. The molecular formula is C21H26O5. The van der Waals surface area contributed by atoms with Crippen molar-refractivity contribution in [1.82, 2.24) is 0 Å². The lowest BCUT2D eigenvalue weighted by molar-refractivity contribution is -0.150. The maximum absolute atomic E-state index is 12.6. The van der Waals surface area contributed by atoms with Gasteiger partial charge < -0.3 is 9.84 Å². The highest BCUT2D eigenvalue weighted by Gasteiger charge is 2.62. The Morgan fingerprint density at radius 3 is 2.62 bits per heavy atom. The van der Waals surface area contributed by atoms with Crippen molar-refractivity contribution in [2.24, 2.45) is 17.3 Å². The summed E-state index contributed by atoms with van der Waals surface area (Å²) in [6.07, 6.45) is 7.06. The van der Waals surface area contributed by atoms with Crippen molar-refractivity contribution in [2.75, 3.05) is 0 Å². The first-order valence-corrected chi connectivity index (χ1v) is 8.73. The lowest BCUT2D eigenvalue weighted by Gasteiger charge is -2.13. The summed E-state index contributed by atoms with van der Waals surface area (Å²) in [5, 5.41) is 9.03. The molecule has 5 nitrogen and oxygen atoms in total. The van der Waals surface area contributed by atoms with Crippen molar-refractivity contribution in [3.05, 3.63) is 47.6 Å². The van der Waals surface area contributed by atoms with Gasteiger partial charge in [0.25, 0.3) is 0 Å². The van der Waals surface area contributed by atoms with Crippen LogP contribution in [0.4, 0.5) is 0 Å². The molecule has 0 bridgehead atoms. The van der Waals surface area contributed by atoms with Crippen LogP contribution in [0.1, 0.15) is 40.5 Å². The van der Waals surface area contributed by atoms with Crippen molar-refractivity contribution in [3.63, 3.8) is 0 Å². The number of hydrogen-bond acceptors (Lipinski definition) is 4. The van der Waals surface area contributed by atoms with E-state index in [0.717, 1.165) is 5.57 Å². The van der Waals surface area contributed by atoms with Gasteiger partial charge in [0.15, 0.2) is 5.78 Å². The molecule has 0 saturated heterocycles. The molecule has 2 rings (SSSR count). The highest BCUT2D eigenvalue weighted by atomic mass is 16.5. The van der Waals surface area contributed by atoms with Crippen molar-refractivity contribution < 1.29 is 24.2 Å². The Labute approximate surface area is 154 Å². The Hall–Kier alpha value is -2.43. The van der Waals surface area contributed by atoms with E-state index in [1.54, 1.807) is 18.2 Å². The van der Waals surface area contributed by atoms with E-state index in [1.807, 2.05) is 26.8 Å². The maximum atomic E-state index is 12.6. The van der Waals surface area contributed by atoms with Crippen LogP contribution in [-0.4, -0.2) is 28.9 Å². The summed E-state index contributed by atoms with van der Waals surface area (Å²) in [6.45, 7) is 10.8. The van der Waals surface area contributed by atoms with Gasteiger partial charge in [0.2, 0.25) is 0 Å². The van der Waals surface area contributed by atoms with E-state index >= 15 is 0 Å². The van der Waals surface area contributed by atoms with E-state index in [2.05, 4.69) is 6.58 Å². The molecule has 1 fully saturated rings. The average molecular weight is 358 g/mol. The smallest absolute Gasteiger partial charge is 0.330 e. The molecule has 0 heterocycles. The van der Waals surface area contributed by atoms with Crippen LogP contribution >= 0.6 is 0 Å². The number of allylic oxidation sites excluding steroid dienone is 5. The van der Waals surface area contributed by atoms with Crippen molar-refractivity contribution in [1.29, 1.82) is 0 Å². The van der Waals surface area contributed by atoms with Crippen LogP contribution < -0.4 is 0 Å². The van der Waals surface area contributed by atoms with Crippen LogP contribution in [0.15, 0.2) is 47.6 Å². The molecule has 1 saturated carbocycles. The molecule has 0 aromatic rings. The van der Waals surface area contributed by atoms with Gasteiger partial charge >= 0.3 is 11.9 Å². The highest BCUT2D eigenvalue weighted by Crippen LogP contribution is 2.60. The summed E-state index contributed by atoms with van der Waals surface area (Å²) >= 11 is 0. The van der Waals surface area contributed by atoms with Gasteiger partial charge in [-0.05, 0) is 37.2 Å². The summed E-state index contributed by atoms with van der Waals surface area (Å²) in [4.78, 5) is 35.8. The molecule has 0 radical (unpaired) electrons. The van der Waals surface area contributed by atoms with Crippen LogP contribution in [0.5, 0.6) is 0 Å². The quantitative estimate of drug-likeness (QED) is 0.427. The van der Waals surface area contributed by atoms with Crippen molar-refractivity contribution in [2.45, 2.75) is 46.6 Å². The first kappa shape index (κ1) is 19.9. The standard InChI is InChI=1S/C21H26O5/c1-6-7-8-9-14-13(3)17(11-16(14)22)26-20(25)18-15(21(18,4)5)10-12(2)19(23)24/h6-8,10,15,17-18H,1,9,11H2,2-5H3,(H,23,24)/b8-7+,12-10+. The third-order valence-electron chi connectivity index (χ3n) is 5.45. The number of carboxylic acids is 1. The van der Waals surface area contributed by atoms with Gasteiger partial charge in [-0.25, -0.2) is 4.79 Å². The zero-order valence-electron chi connectivity index (χ0n) is 15.7. The zero-order valence-corrected chi connectivity index (χ0v) is 15.7. The molecule has 3 unspecified atom stereocenters. The molecule has 1 N–H and O–H groups in total. The summed E-state index contributed by atoms with van der Waals surface area (Å²) < 4.78 is 5.62. The number of Topliss-reactive ketones (excluding diaryl/α,β-unsaturated/α-hetero) is 1. The Bertz CT molecular complexity index is 736. The fraction of sp³-hybridized carbons (Fsp3) is 0.476. The fourth-order valence-electron chi connectivity index (χ4n) is 3.54. The van der Waals surface area contributed by atoms with Crippen LogP contribution in [0.2, 0.25) is 0 Å². The number of carbonyl (C=O) groups excluding carboxylic acids is 2. The largest absolute Gasteiger partial charge is 0.478 e. The predicted octanol–water partition coefficient (Wildman–Crippen LogP) is 3.62. The van der Waals surface area contributed by atoms with Crippen molar-refractivity contribution >= 4 is 17.7 Å². The van der Waals surface area contributed by atoms with Gasteiger partial charge in [-0.1, -0.05) is 44.7 Å². The van der Waals surface area contributed by atoms with Crippen LogP contribution in [-0.2, 0) is 19.1 Å². The molecular weight excluding hydrogens is 332 g/mol. The zero-order chi connectivity index (χ0) is 19.6. The van der Waals surface area contributed by atoms with Gasteiger partial charge in [-0.2, -0.15) is 0 Å². The van der Waals surface area contributed by atoms with Gasteiger partial charge in [0.1, 0.15) is 6.10 Å². The first-order chi connectivity index (χ1) is 12.1. The summed E-state index contributed by atoms with van der Waals surface area (Å²) in [6, 6.07) is 0. The van der Waals surface area contributed by atoms with E-state index in [0.29, 0.717) is 12.0 Å². The molecule has 0 aromatic carbocycles. The second kappa shape index (κ2) is 7.44. The molecule has 0 amide bonds. The van der Waals surface area contributed by atoms with Crippen LogP contribution in [0.25, 0.3) is 0 Å². The predicted molar refractivity (Wildman–Crippen MR) is 98.3 cm³/mol. The normalized spacial score (nSPS) is 27.8. The topological polar surface area (TPSA) is 80.7 Å². The Morgan fingerprint density at radius 1 is 1.38 bits per heavy atom. The number of hydrogen-bond donors (Lipinski definition) is 1. The number of ketones is 1. The minimum Gasteiger partial charge on any atom is -0.478 e. The third-order valence-corrected chi connectivity index (χ3v) is 5.45. The van der Waals surface area contributed by atoms with E-state index in [-0.39, 0.29) is 41.0 Å². The number of aliphatic carboxylic acids is 1. The van der Waals surface area contributed by atoms with Gasteiger partial charge in [0, 0.05) is 11.1 Å². The van der Waals surface area contributed by atoms with E-state index in [9.17, 15) is 14.4 Å². The van der Waals surface area contributed by atoms with Crippen LogP contribution in [0.3, 0.4) is 0 Å². The third kappa shape index (κ3) is 3.87. The summed E-state index contributed by atoms with van der Waals surface area (Å²) in [7, 11) is 0. The first-order valence-electron chi connectivity index (χ1n) is 8.73. The Kier molecular flexibility index (Phi) is 5.69. The van der Waals surface area contributed by atoms with E-state index in [1.165, 1.54) is 6.92 Å². The maximum Gasteiger partial charge on any atom is 0.330 e. The van der Waals surface area contributed by atoms with Crippen molar-refractivity contribution in [3.8, 4) is 0 Å². The summed E-state index contributed by atoms with van der Waals surface area (Å²) in [5.41, 5.74) is 1.36. The highest BCUT2D eigenvalue weighted by molar-refractivity contribution is 6.00. The molecule has 3 atom stereocenters. The van der Waals surface area contributed by atoms with E-state index < -0.39 is 12.1 Å². The molecule has 0 spiro atoms. The van der Waals surface area contributed by atoms with Gasteiger partial charge in [0.05, 0.1) is 12.3 Å². The molecule has 0 aliphatic heterocycles. The SMILES string of the molecule is C=C/C=C/CC1=C(C)C(OC(=O)C2C(/C=C(\C)C(=O)O)C2(C)C)CC1=O. The van der Waals surface area contributed by atoms with Gasteiger partial charge in [-0.3, -0.25) is 9.59 Å². The lowest BCUT2D eigenvalue weighted by atomic mass is 10.1. The van der Waals surface area contributed by atoms with E-state index in [4.69, 9.17) is 9.84 Å². The molecule has 2 aliphatic carbocycles. The summed E-state index contributed by atoms with van der Waals surface area (Å²) in [5.74, 6) is -1.90. The molecule has 0 aromatic heterocycles. The number of carboxylic acid groups (broad SMARTS) is 1. The fourth-order valence-corrected chi connectivity index (χ4v) is 3.54. The average Bonchev–Trinajstić information content (AvgIpc) is 2.99. The molecule has 2 aliphatic rings. The number of carbonyl (C=O) groups is 3. The second-order valence-electron chi connectivity index (χ2n) is 7.56. The Morgan fingerprint density at radius 2 is 2.04 bits per heavy atom. The van der Waals surface area contributed by atoms with Crippen LogP contribution in [0, 0.1) is 17.3 Å². The second-order valence-corrected chi connectivity index (χ2v) is 7.56. The number of ether oxygens (including phenoxy) is 1. The minimum atomic E-state index is -0.989. The minimum absolute atomic E-state index is 0.00207. The Balaban J connectivity index is 2.07. The molecule has 140 valence electrons. The molecule has 5 heteroatoms. The number of esters is 1. The molecule has 26 heavy (non-hydrogen) atoms. The van der Waals surface area contributed by atoms with Gasteiger partial charge in [-0.15, -0.1) is 0 Å². The number of rotatable bonds is 7. The monoisotopic (exact) mass is 358 g/mol.